The third kappa shape index (κ3) is 3.27. The molecule has 2 heterocycles. The molecule has 2 N–H and O–H groups in total. The molecule has 1 fully saturated rings. The van der Waals surface area contributed by atoms with E-state index in [1.807, 2.05) is 18.4 Å². The highest BCUT2D eigenvalue weighted by molar-refractivity contribution is 9.10. The van der Waals surface area contributed by atoms with Crippen molar-refractivity contribution in [2.75, 3.05) is 6.54 Å². The number of likely N-dealkylation sites (tertiary alicyclic amines) is 1. The normalized spacial score (nSPS) is 22.5. The van der Waals surface area contributed by atoms with Crippen LogP contribution in [0.2, 0.25) is 0 Å². The molecule has 0 bridgehead atoms. The van der Waals surface area contributed by atoms with Crippen LogP contribution in [-0.2, 0) is 11.3 Å². The van der Waals surface area contributed by atoms with Crippen LogP contribution in [0.5, 0.6) is 0 Å². The summed E-state index contributed by atoms with van der Waals surface area (Å²) >= 11 is 4.90. The van der Waals surface area contributed by atoms with E-state index in [9.17, 15) is 9.59 Å². The SMILES string of the molecule is CC1CCN(C(=O)NCc2cc(Br)cs2)C1C(=O)O. The first-order chi connectivity index (χ1) is 8.99. The smallest absolute Gasteiger partial charge is 0.326 e. The third-order valence-electron chi connectivity index (χ3n) is 3.25. The van der Waals surface area contributed by atoms with E-state index < -0.39 is 12.0 Å². The number of urea groups is 1. The molecule has 2 amide bonds. The second-order valence-electron chi connectivity index (χ2n) is 4.63. The van der Waals surface area contributed by atoms with E-state index >= 15 is 0 Å². The van der Waals surface area contributed by atoms with Crippen LogP contribution >= 0.6 is 27.3 Å². The number of thiophene rings is 1. The molecule has 0 saturated carbocycles. The summed E-state index contributed by atoms with van der Waals surface area (Å²) in [5.74, 6) is -0.932. The van der Waals surface area contributed by atoms with Crippen molar-refractivity contribution in [3.63, 3.8) is 0 Å². The molecule has 7 heteroatoms. The van der Waals surface area contributed by atoms with Crippen LogP contribution in [0, 0.1) is 5.92 Å². The second kappa shape index (κ2) is 5.92. The van der Waals surface area contributed by atoms with Crippen LogP contribution in [-0.4, -0.2) is 34.6 Å². The predicted octanol–water partition coefficient (Wildman–Crippen LogP) is 2.52. The molecule has 0 radical (unpaired) electrons. The highest BCUT2D eigenvalue weighted by atomic mass is 79.9. The number of hydrogen-bond donors (Lipinski definition) is 2. The number of nitrogens with zero attached hydrogens (tertiary/aromatic N) is 1. The van der Waals surface area contributed by atoms with Gasteiger partial charge in [-0.3, -0.25) is 0 Å². The lowest BCUT2D eigenvalue weighted by Crippen LogP contribution is -2.47. The van der Waals surface area contributed by atoms with Crippen molar-refractivity contribution >= 4 is 39.3 Å². The maximum absolute atomic E-state index is 12.0. The summed E-state index contributed by atoms with van der Waals surface area (Å²) in [5.41, 5.74) is 0. The molecule has 2 rings (SSSR count). The molecule has 19 heavy (non-hydrogen) atoms. The molecule has 5 nitrogen and oxygen atoms in total. The fourth-order valence-corrected chi connectivity index (χ4v) is 3.65. The summed E-state index contributed by atoms with van der Waals surface area (Å²) in [5, 5.41) is 13.9. The number of rotatable bonds is 3. The first-order valence-electron chi connectivity index (χ1n) is 5.99. The Kier molecular flexibility index (Phi) is 4.46. The van der Waals surface area contributed by atoms with Crippen LogP contribution in [0.1, 0.15) is 18.2 Å². The average molecular weight is 347 g/mol. The first kappa shape index (κ1) is 14.3. The Morgan fingerprint density at radius 1 is 1.63 bits per heavy atom. The zero-order valence-corrected chi connectivity index (χ0v) is 12.8. The van der Waals surface area contributed by atoms with Crippen LogP contribution in [0.4, 0.5) is 4.79 Å². The topological polar surface area (TPSA) is 69.6 Å². The first-order valence-corrected chi connectivity index (χ1v) is 7.66. The van der Waals surface area contributed by atoms with Crippen molar-refractivity contribution in [1.82, 2.24) is 10.2 Å². The minimum absolute atomic E-state index is 0.000803. The number of carboxylic acid groups (broad SMARTS) is 1. The van der Waals surface area contributed by atoms with Crippen LogP contribution in [0.25, 0.3) is 0 Å². The zero-order chi connectivity index (χ0) is 14.0. The van der Waals surface area contributed by atoms with Gasteiger partial charge in [-0.25, -0.2) is 9.59 Å². The lowest BCUT2D eigenvalue weighted by molar-refractivity contribution is -0.142. The van der Waals surface area contributed by atoms with Gasteiger partial charge in [-0.1, -0.05) is 6.92 Å². The number of amides is 2. The van der Waals surface area contributed by atoms with Gasteiger partial charge in [0.1, 0.15) is 6.04 Å². The number of hydrogen-bond acceptors (Lipinski definition) is 3. The number of nitrogens with one attached hydrogen (secondary N) is 1. The van der Waals surface area contributed by atoms with Gasteiger partial charge < -0.3 is 15.3 Å². The Balaban J connectivity index is 1.94. The van der Waals surface area contributed by atoms with Crippen molar-refractivity contribution in [1.29, 1.82) is 0 Å². The number of carbonyl (C=O) groups excluding carboxylic acids is 1. The maximum Gasteiger partial charge on any atom is 0.326 e. The van der Waals surface area contributed by atoms with E-state index in [0.29, 0.717) is 13.1 Å². The molecule has 104 valence electrons. The van der Waals surface area contributed by atoms with Crippen molar-refractivity contribution in [2.45, 2.75) is 25.9 Å². The number of carboxylic acids is 1. The zero-order valence-electron chi connectivity index (χ0n) is 10.4. The second-order valence-corrected chi connectivity index (χ2v) is 6.54. The van der Waals surface area contributed by atoms with Crippen LogP contribution in [0.3, 0.4) is 0 Å². The van der Waals surface area contributed by atoms with Gasteiger partial charge in [-0.15, -0.1) is 11.3 Å². The van der Waals surface area contributed by atoms with Gasteiger partial charge in [0.2, 0.25) is 0 Å². The quantitative estimate of drug-likeness (QED) is 0.883. The Morgan fingerprint density at radius 3 is 2.95 bits per heavy atom. The van der Waals surface area contributed by atoms with E-state index in [0.717, 1.165) is 15.8 Å². The lowest BCUT2D eigenvalue weighted by atomic mass is 10.0. The van der Waals surface area contributed by atoms with E-state index in [1.54, 1.807) is 11.3 Å². The van der Waals surface area contributed by atoms with Crippen LogP contribution < -0.4 is 5.32 Å². The van der Waals surface area contributed by atoms with E-state index in [4.69, 9.17) is 5.11 Å². The Morgan fingerprint density at radius 2 is 2.37 bits per heavy atom. The highest BCUT2D eigenvalue weighted by Crippen LogP contribution is 2.24. The molecule has 1 aromatic rings. The summed E-state index contributed by atoms with van der Waals surface area (Å²) < 4.78 is 0.986. The van der Waals surface area contributed by atoms with Crippen molar-refractivity contribution in [3.05, 3.63) is 20.8 Å². The molecule has 1 aliphatic rings. The molecular formula is C12H15BrN2O3S. The Bertz CT molecular complexity index is 491. The maximum atomic E-state index is 12.0. The van der Waals surface area contributed by atoms with Gasteiger partial charge in [-0.2, -0.15) is 0 Å². The third-order valence-corrected chi connectivity index (χ3v) is 4.95. The van der Waals surface area contributed by atoms with E-state index in [2.05, 4.69) is 21.2 Å². The molecule has 0 aromatic carbocycles. The van der Waals surface area contributed by atoms with Gasteiger partial charge in [0.25, 0.3) is 0 Å². The van der Waals surface area contributed by atoms with Gasteiger partial charge in [0.15, 0.2) is 0 Å². The summed E-state index contributed by atoms with van der Waals surface area (Å²) in [7, 11) is 0. The summed E-state index contributed by atoms with van der Waals surface area (Å²) in [6.45, 7) is 2.78. The van der Waals surface area contributed by atoms with Crippen LogP contribution in [0.15, 0.2) is 15.9 Å². The molecule has 2 atom stereocenters. The fourth-order valence-electron chi connectivity index (χ4n) is 2.26. The Labute approximate surface area is 123 Å². The van der Waals surface area contributed by atoms with E-state index in [-0.39, 0.29) is 11.9 Å². The molecule has 2 unspecified atom stereocenters. The highest BCUT2D eigenvalue weighted by Gasteiger charge is 2.39. The number of carbonyl (C=O) groups is 2. The monoisotopic (exact) mass is 346 g/mol. The van der Waals surface area contributed by atoms with Gasteiger partial charge in [0, 0.05) is 21.3 Å². The molecular weight excluding hydrogens is 332 g/mol. The molecule has 1 saturated heterocycles. The summed E-state index contributed by atoms with van der Waals surface area (Å²) in [6, 6.07) is 0.919. The minimum atomic E-state index is -0.931. The van der Waals surface area contributed by atoms with E-state index in [1.165, 1.54) is 4.90 Å². The Hall–Kier alpha value is -1.08. The minimum Gasteiger partial charge on any atom is -0.480 e. The number of halogens is 1. The average Bonchev–Trinajstić information content (AvgIpc) is 2.92. The van der Waals surface area contributed by atoms with Crippen molar-refractivity contribution in [3.8, 4) is 0 Å². The molecule has 0 spiro atoms. The lowest BCUT2D eigenvalue weighted by Gasteiger charge is -2.23. The van der Waals surface area contributed by atoms with Gasteiger partial charge >= 0.3 is 12.0 Å². The van der Waals surface area contributed by atoms with Gasteiger partial charge in [-0.05, 0) is 34.3 Å². The number of aliphatic carboxylic acids is 1. The molecule has 0 aliphatic carbocycles. The standard InChI is InChI=1S/C12H15BrN2O3S/c1-7-2-3-15(10(7)11(16)17)12(18)14-5-9-4-8(13)6-19-9/h4,6-7,10H,2-3,5H2,1H3,(H,14,18)(H,16,17). The van der Waals surface area contributed by atoms with Crippen molar-refractivity contribution in [2.24, 2.45) is 5.92 Å². The molecule has 1 aromatic heterocycles. The summed E-state index contributed by atoms with van der Waals surface area (Å²) in [4.78, 5) is 25.6. The van der Waals surface area contributed by atoms with Crippen molar-refractivity contribution < 1.29 is 14.7 Å². The predicted molar refractivity (Wildman–Crippen MR) is 76.2 cm³/mol. The van der Waals surface area contributed by atoms with Gasteiger partial charge in [0.05, 0.1) is 6.54 Å². The molecule has 1 aliphatic heterocycles. The largest absolute Gasteiger partial charge is 0.480 e. The summed E-state index contributed by atoms with van der Waals surface area (Å²) in [6.07, 6.45) is 0.731. The fraction of sp³-hybridized carbons (Fsp3) is 0.500.